The summed E-state index contributed by atoms with van der Waals surface area (Å²) in [5.41, 5.74) is 6.17. The van der Waals surface area contributed by atoms with Crippen LogP contribution >= 0.6 is 0 Å². The van der Waals surface area contributed by atoms with Gasteiger partial charge in [0.2, 0.25) is 0 Å². The predicted octanol–water partition coefficient (Wildman–Crippen LogP) is 4.04. The number of rotatable bonds is 8. The van der Waals surface area contributed by atoms with Gasteiger partial charge in [0.15, 0.2) is 0 Å². The van der Waals surface area contributed by atoms with E-state index in [2.05, 4.69) is 32.6 Å². The molecule has 4 unspecified atom stereocenters. The molecule has 1 aliphatic rings. The molecule has 19 heavy (non-hydrogen) atoms. The van der Waals surface area contributed by atoms with Gasteiger partial charge >= 0.3 is 0 Å². The average molecular weight is 268 g/mol. The largest absolute Gasteiger partial charge is 0.329 e. The molecular weight excluding hydrogens is 232 g/mol. The molecule has 0 amide bonds. The molecule has 4 atom stereocenters. The lowest BCUT2D eigenvalue weighted by molar-refractivity contribution is 0.0724. The van der Waals surface area contributed by atoms with Crippen LogP contribution in [0, 0.1) is 11.8 Å². The molecule has 1 saturated carbocycles. The van der Waals surface area contributed by atoms with Crippen LogP contribution in [0.2, 0.25) is 0 Å². The van der Waals surface area contributed by atoms with E-state index in [1.165, 1.54) is 51.5 Å². The summed E-state index contributed by atoms with van der Waals surface area (Å²) in [7, 11) is 0. The highest BCUT2D eigenvalue weighted by molar-refractivity contribution is 4.86. The van der Waals surface area contributed by atoms with Crippen LogP contribution in [0.15, 0.2) is 0 Å². The first-order chi connectivity index (χ1) is 9.13. The second-order valence-electron chi connectivity index (χ2n) is 6.68. The molecule has 0 bridgehead atoms. The molecular formula is C17H36N2. The first-order valence-electron chi connectivity index (χ1n) is 8.59. The number of hydrogen-bond acceptors (Lipinski definition) is 2. The molecule has 1 fully saturated rings. The van der Waals surface area contributed by atoms with E-state index in [1.807, 2.05) is 0 Å². The Morgan fingerprint density at radius 2 is 2.00 bits per heavy atom. The molecule has 1 rings (SSSR count). The Kier molecular flexibility index (Phi) is 8.01. The lowest BCUT2D eigenvalue weighted by Gasteiger charge is -2.42. The van der Waals surface area contributed by atoms with Gasteiger partial charge in [-0.15, -0.1) is 0 Å². The number of unbranched alkanes of at least 4 members (excludes halogenated alkanes) is 1. The highest BCUT2D eigenvalue weighted by atomic mass is 15.2. The minimum Gasteiger partial charge on any atom is -0.329 e. The van der Waals surface area contributed by atoms with Crippen molar-refractivity contribution in [1.82, 2.24) is 4.90 Å². The second kappa shape index (κ2) is 8.97. The molecule has 2 nitrogen and oxygen atoms in total. The zero-order chi connectivity index (χ0) is 14.3. The quantitative estimate of drug-likeness (QED) is 0.720. The van der Waals surface area contributed by atoms with E-state index in [4.69, 9.17) is 5.73 Å². The van der Waals surface area contributed by atoms with Crippen LogP contribution < -0.4 is 5.73 Å². The first kappa shape index (κ1) is 17.0. The zero-order valence-corrected chi connectivity index (χ0v) is 13.7. The third kappa shape index (κ3) is 5.07. The maximum absolute atomic E-state index is 6.17. The molecule has 0 aromatic carbocycles. The number of nitrogens with zero attached hydrogens (tertiary/aromatic N) is 1. The highest BCUT2D eigenvalue weighted by Crippen LogP contribution is 2.33. The Bertz CT molecular complexity index is 229. The molecule has 1 aliphatic carbocycles. The van der Waals surface area contributed by atoms with Crippen molar-refractivity contribution in [3.8, 4) is 0 Å². The van der Waals surface area contributed by atoms with Crippen LogP contribution in [0.1, 0.15) is 72.6 Å². The number of hydrogen-bond donors (Lipinski definition) is 1. The van der Waals surface area contributed by atoms with Crippen molar-refractivity contribution >= 4 is 0 Å². The van der Waals surface area contributed by atoms with Crippen molar-refractivity contribution in [2.45, 2.75) is 84.7 Å². The summed E-state index contributed by atoms with van der Waals surface area (Å²) in [5, 5.41) is 0. The van der Waals surface area contributed by atoms with Crippen LogP contribution in [-0.2, 0) is 0 Å². The Morgan fingerprint density at radius 3 is 2.53 bits per heavy atom. The Morgan fingerprint density at radius 1 is 1.26 bits per heavy atom. The molecule has 0 spiro atoms. The van der Waals surface area contributed by atoms with Crippen LogP contribution in [0.3, 0.4) is 0 Å². The van der Waals surface area contributed by atoms with Gasteiger partial charge in [0, 0.05) is 18.6 Å². The van der Waals surface area contributed by atoms with E-state index in [0.717, 1.165) is 18.4 Å². The minimum atomic E-state index is 0.615. The summed E-state index contributed by atoms with van der Waals surface area (Å²) in [6.07, 6.45) is 9.44. The third-order valence-electron chi connectivity index (χ3n) is 5.12. The molecule has 2 N–H and O–H groups in total. The van der Waals surface area contributed by atoms with E-state index in [-0.39, 0.29) is 0 Å². The maximum atomic E-state index is 6.17. The zero-order valence-electron chi connectivity index (χ0n) is 13.7. The van der Waals surface area contributed by atoms with Gasteiger partial charge in [0.1, 0.15) is 0 Å². The topological polar surface area (TPSA) is 29.3 Å². The normalized spacial score (nSPS) is 27.5. The van der Waals surface area contributed by atoms with Crippen LogP contribution in [0.4, 0.5) is 0 Å². The van der Waals surface area contributed by atoms with Gasteiger partial charge in [0.05, 0.1) is 0 Å². The standard InChI is InChI=1S/C17H36N2/c1-5-7-11-19(15(4)6-2)17(13-18)16-10-8-9-14(3)12-16/h14-17H,5-13,18H2,1-4H3. The van der Waals surface area contributed by atoms with Gasteiger partial charge in [-0.05, 0) is 51.0 Å². The summed E-state index contributed by atoms with van der Waals surface area (Å²) in [6.45, 7) is 11.5. The maximum Gasteiger partial charge on any atom is 0.0249 e. The molecule has 2 heteroatoms. The summed E-state index contributed by atoms with van der Waals surface area (Å²) < 4.78 is 0. The van der Waals surface area contributed by atoms with Crippen LogP contribution in [0.25, 0.3) is 0 Å². The van der Waals surface area contributed by atoms with E-state index >= 15 is 0 Å². The first-order valence-corrected chi connectivity index (χ1v) is 8.59. The van der Waals surface area contributed by atoms with E-state index in [1.54, 1.807) is 0 Å². The Labute approximate surface area is 121 Å². The summed E-state index contributed by atoms with van der Waals surface area (Å²) in [6, 6.07) is 1.29. The molecule has 114 valence electrons. The fraction of sp³-hybridized carbons (Fsp3) is 1.00. The summed E-state index contributed by atoms with van der Waals surface area (Å²) in [5.74, 6) is 1.73. The van der Waals surface area contributed by atoms with Crippen molar-refractivity contribution in [1.29, 1.82) is 0 Å². The molecule has 0 radical (unpaired) electrons. The summed E-state index contributed by atoms with van der Waals surface area (Å²) in [4.78, 5) is 2.73. The molecule has 0 aromatic rings. The monoisotopic (exact) mass is 268 g/mol. The van der Waals surface area contributed by atoms with Crippen LogP contribution in [-0.4, -0.2) is 30.1 Å². The van der Waals surface area contributed by atoms with Crippen molar-refractivity contribution in [3.63, 3.8) is 0 Å². The van der Waals surface area contributed by atoms with Gasteiger partial charge in [-0.25, -0.2) is 0 Å². The van der Waals surface area contributed by atoms with E-state index in [9.17, 15) is 0 Å². The average Bonchev–Trinajstić information content (AvgIpc) is 2.42. The molecule has 0 aliphatic heterocycles. The minimum absolute atomic E-state index is 0.615. The molecule has 0 aromatic heterocycles. The van der Waals surface area contributed by atoms with E-state index < -0.39 is 0 Å². The van der Waals surface area contributed by atoms with Gasteiger partial charge in [0.25, 0.3) is 0 Å². The van der Waals surface area contributed by atoms with Gasteiger partial charge < -0.3 is 5.73 Å². The van der Waals surface area contributed by atoms with Gasteiger partial charge in [-0.1, -0.05) is 40.0 Å². The Hall–Kier alpha value is -0.0800. The van der Waals surface area contributed by atoms with Crippen molar-refractivity contribution in [2.24, 2.45) is 17.6 Å². The van der Waals surface area contributed by atoms with Gasteiger partial charge in [-0.2, -0.15) is 0 Å². The Balaban J connectivity index is 2.70. The summed E-state index contributed by atoms with van der Waals surface area (Å²) >= 11 is 0. The van der Waals surface area contributed by atoms with Crippen molar-refractivity contribution in [3.05, 3.63) is 0 Å². The lowest BCUT2D eigenvalue weighted by atomic mass is 9.77. The highest BCUT2D eigenvalue weighted by Gasteiger charge is 2.31. The predicted molar refractivity (Wildman–Crippen MR) is 85.3 cm³/mol. The van der Waals surface area contributed by atoms with E-state index in [0.29, 0.717) is 12.1 Å². The smallest absolute Gasteiger partial charge is 0.0249 e. The van der Waals surface area contributed by atoms with Crippen molar-refractivity contribution in [2.75, 3.05) is 13.1 Å². The lowest BCUT2D eigenvalue weighted by Crippen LogP contribution is -2.50. The fourth-order valence-corrected chi connectivity index (χ4v) is 3.72. The van der Waals surface area contributed by atoms with Crippen molar-refractivity contribution < 1.29 is 0 Å². The third-order valence-corrected chi connectivity index (χ3v) is 5.12. The molecule has 0 heterocycles. The fourth-order valence-electron chi connectivity index (χ4n) is 3.72. The van der Waals surface area contributed by atoms with Gasteiger partial charge in [-0.3, -0.25) is 4.90 Å². The second-order valence-corrected chi connectivity index (χ2v) is 6.68. The molecule has 0 saturated heterocycles. The number of nitrogens with two attached hydrogens (primary N) is 1. The van der Waals surface area contributed by atoms with Crippen LogP contribution in [0.5, 0.6) is 0 Å². The SMILES string of the molecule is CCCCN(C(C)CC)C(CN)C1CCCC(C)C1.